The third-order valence-corrected chi connectivity index (χ3v) is 3.64. The highest BCUT2D eigenvalue weighted by atomic mass is 79.9. The monoisotopic (exact) mass is 357 g/mol. The summed E-state index contributed by atoms with van der Waals surface area (Å²) in [7, 11) is 0. The van der Waals surface area contributed by atoms with Crippen molar-refractivity contribution in [1.29, 1.82) is 0 Å². The van der Waals surface area contributed by atoms with Crippen LogP contribution in [0, 0.1) is 5.82 Å². The van der Waals surface area contributed by atoms with Gasteiger partial charge in [0.1, 0.15) is 12.4 Å². The molecular weight excluding hydrogens is 349 g/mol. The minimum atomic E-state index is -0.564. The summed E-state index contributed by atoms with van der Waals surface area (Å²) in [6.07, 6.45) is 0. The predicted octanol–water partition coefficient (Wildman–Crippen LogP) is 4.18. The molecule has 0 saturated carbocycles. The normalized spacial score (nSPS) is 10.3. The summed E-state index contributed by atoms with van der Waals surface area (Å²) in [4.78, 5) is 11.9. The standard InChI is InChI=1S/C14H10BrClFNO2/c15-12-5-9(17)2-1-8(12)7-20-14(19)11-4-3-10(18)6-13(11)16/h1-6H,7,18H2. The van der Waals surface area contributed by atoms with Crippen molar-refractivity contribution >= 4 is 39.2 Å². The van der Waals surface area contributed by atoms with E-state index in [9.17, 15) is 9.18 Å². The van der Waals surface area contributed by atoms with Crippen LogP contribution in [0.15, 0.2) is 40.9 Å². The van der Waals surface area contributed by atoms with Crippen molar-refractivity contribution in [1.82, 2.24) is 0 Å². The summed E-state index contributed by atoms with van der Waals surface area (Å²) in [5.74, 6) is -0.931. The smallest absolute Gasteiger partial charge is 0.339 e. The van der Waals surface area contributed by atoms with E-state index in [1.165, 1.54) is 30.3 Å². The van der Waals surface area contributed by atoms with E-state index in [0.29, 0.717) is 15.7 Å². The first-order valence-electron chi connectivity index (χ1n) is 5.63. The van der Waals surface area contributed by atoms with Crippen molar-refractivity contribution in [2.75, 3.05) is 5.73 Å². The molecule has 0 fully saturated rings. The van der Waals surface area contributed by atoms with Gasteiger partial charge in [-0.05, 0) is 30.3 Å². The lowest BCUT2D eigenvalue weighted by Crippen LogP contribution is -2.06. The van der Waals surface area contributed by atoms with E-state index in [0.717, 1.165) is 0 Å². The summed E-state index contributed by atoms with van der Waals surface area (Å²) in [5.41, 5.74) is 6.91. The van der Waals surface area contributed by atoms with Crippen LogP contribution in [0.4, 0.5) is 10.1 Å². The maximum absolute atomic E-state index is 12.9. The van der Waals surface area contributed by atoms with Crippen molar-refractivity contribution in [2.24, 2.45) is 0 Å². The average molecular weight is 359 g/mol. The Bertz CT molecular complexity index is 664. The maximum Gasteiger partial charge on any atom is 0.339 e. The number of nitrogen functional groups attached to an aromatic ring is 1. The molecule has 0 heterocycles. The zero-order chi connectivity index (χ0) is 14.7. The minimum Gasteiger partial charge on any atom is -0.457 e. The number of esters is 1. The van der Waals surface area contributed by atoms with Gasteiger partial charge >= 0.3 is 5.97 Å². The molecule has 0 aliphatic rings. The Morgan fingerprint density at radius 3 is 2.70 bits per heavy atom. The van der Waals surface area contributed by atoms with Crippen LogP contribution in [-0.4, -0.2) is 5.97 Å². The summed E-state index contributed by atoms with van der Waals surface area (Å²) in [6, 6.07) is 8.68. The Kier molecular flexibility index (Phi) is 4.62. The second-order valence-corrected chi connectivity index (χ2v) is 5.31. The number of anilines is 1. The molecule has 0 radical (unpaired) electrons. The maximum atomic E-state index is 12.9. The number of ether oxygens (including phenoxy) is 1. The van der Waals surface area contributed by atoms with Crippen LogP contribution in [0.1, 0.15) is 15.9 Å². The lowest BCUT2D eigenvalue weighted by atomic mass is 10.2. The van der Waals surface area contributed by atoms with Gasteiger partial charge in [0.25, 0.3) is 0 Å². The number of benzene rings is 2. The van der Waals surface area contributed by atoms with Gasteiger partial charge < -0.3 is 10.5 Å². The third kappa shape index (κ3) is 3.49. The molecule has 2 aromatic carbocycles. The fraction of sp³-hybridized carbons (Fsp3) is 0.0714. The molecule has 20 heavy (non-hydrogen) atoms. The highest BCUT2D eigenvalue weighted by Gasteiger charge is 2.13. The second kappa shape index (κ2) is 6.24. The molecule has 0 saturated heterocycles. The van der Waals surface area contributed by atoms with E-state index < -0.39 is 5.97 Å². The summed E-state index contributed by atoms with van der Waals surface area (Å²) in [5, 5.41) is 0.230. The summed E-state index contributed by atoms with van der Waals surface area (Å²) in [6.45, 7) is 0.0143. The highest BCUT2D eigenvalue weighted by Crippen LogP contribution is 2.22. The van der Waals surface area contributed by atoms with E-state index >= 15 is 0 Å². The number of carbonyl (C=O) groups excluding carboxylic acids is 1. The topological polar surface area (TPSA) is 52.3 Å². The van der Waals surface area contributed by atoms with Gasteiger partial charge in [-0.15, -0.1) is 0 Å². The first-order valence-corrected chi connectivity index (χ1v) is 6.80. The van der Waals surface area contributed by atoms with E-state index in [4.69, 9.17) is 22.1 Å². The molecule has 0 bridgehead atoms. The molecule has 3 nitrogen and oxygen atoms in total. The van der Waals surface area contributed by atoms with Crippen LogP contribution in [0.3, 0.4) is 0 Å². The van der Waals surface area contributed by atoms with E-state index in [1.807, 2.05) is 0 Å². The molecular formula is C14H10BrClFNO2. The van der Waals surface area contributed by atoms with Crippen molar-refractivity contribution in [3.8, 4) is 0 Å². The van der Waals surface area contributed by atoms with Gasteiger partial charge in [-0.25, -0.2) is 9.18 Å². The number of rotatable bonds is 3. The molecule has 2 aromatic rings. The molecule has 0 aliphatic carbocycles. The highest BCUT2D eigenvalue weighted by molar-refractivity contribution is 9.10. The largest absolute Gasteiger partial charge is 0.457 e. The number of carbonyl (C=O) groups is 1. The van der Waals surface area contributed by atoms with E-state index in [-0.39, 0.29) is 23.0 Å². The zero-order valence-corrected chi connectivity index (χ0v) is 12.5. The quantitative estimate of drug-likeness (QED) is 0.661. The third-order valence-electron chi connectivity index (χ3n) is 2.59. The van der Waals surface area contributed by atoms with Gasteiger partial charge in [0.2, 0.25) is 0 Å². The van der Waals surface area contributed by atoms with Gasteiger partial charge in [-0.1, -0.05) is 33.6 Å². The molecule has 0 aliphatic heterocycles. The zero-order valence-electron chi connectivity index (χ0n) is 10.2. The van der Waals surface area contributed by atoms with Gasteiger partial charge in [0, 0.05) is 15.7 Å². The number of nitrogens with two attached hydrogens (primary N) is 1. The number of hydrogen-bond donors (Lipinski definition) is 1. The molecule has 2 N–H and O–H groups in total. The van der Waals surface area contributed by atoms with Gasteiger partial charge in [-0.3, -0.25) is 0 Å². The van der Waals surface area contributed by atoms with Crippen molar-refractivity contribution in [3.05, 3.63) is 62.8 Å². The molecule has 2 rings (SSSR count). The SMILES string of the molecule is Nc1ccc(C(=O)OCc2ccc(F)cc2Br)c(Cl)c1. The number of hydrogen-bond acceptors (Lipinski definition) is 3. The summed E-state index contributed by atoms with van der Waals surface area (Å²) < 4.78 is 18.6. The van der Waals surface area contributed by atoms with Crippen LogP contribution in [-0.2, 0) is 11.3 Å². The van der Waals surface area contributed by atoms with Crippen molar-refractivity contribution < 1.29 is 13.9 Å². The molecule has 0 aromatic heterocycles. The molecule has 0 amide bonds. The molecule has 104 valence electrons. The Hall–Kier alpha value is -1.59. The minimum absolute atomic E-state index is 0.0143. The lowest BCUT2D eigenvalue weighted by molar-refractivity contribution is 0.0472. The van der Waals surface area contributed by atoms with Crippen LogP contribution >= 0.6 is 27.5 Å². The van der Waals surface area contributed by atoms with E-state index in [1.54, 1.807) is 6.07 Å². The van der Waals surface area contributed by atoms with Gasteiger partial charge in [0.15, 0.2) is 0 Å². The summed E-state index contributed by atoms with van der Waals surface area (Å²) >= 11 is 9.12. The second-order valence-electron chi connectivity index (χ2n) is 4.05. The van der Waals surface area contributed by atoms with Crippen LogP contribution in [0.2, 0.25) is 5.02 Å². The van der Waals surface area contributed by atoms with Crippen LogP contribution < -0.4 is 5.73 Å². The van der Waals surface area contributed by atoms with Crippen molar-refractivity contribution in [2.45, 2.75) is 6.61 Å². The molecule has 0 atom stereocenters. The Balaban J connectivity index is 2.08. The molecule has 0 spiro atoms. The Labute approximate surface area is 128 Å². The Morgan fingerprint density at radius 2 is 2.05 bits per heavy atom. The average Bonchev–Trinajstić information content (AvgIpc) is 2.37. The fourth-order valence-electron chi connectivity index (χ4n) is 1.56. The van der Waals surface area contributed by atoms with Crippen LogP contribution in [0.5, 0.6) is 0 Å². The lowest BCUT2D eigenvalue weighted by Gasteiger charge is -2.08. The van der Waals surface area contributed by atoms with E-state index in [2.05, 4.69) is 15.9 Å². The number of halogens is 3. The molecule has 6 heteroatoms. The van der Waals surface area contributed by atoms with Crippen molar-refractivity contribution in [3.63, 3.8) is 0 Å². The fourth-order valence-corrected chi connectivity index (χ4v) is 2.29. The predicted molar refractivity (Wildman–Crippen MR) is 79.1 cm³/mol. The first-order chi connectivity index (χ1) is 9.47. The van der Waals surface area contributed by atoms with Crippen LogP contribution in [0.25, 0.3) is 0 Å². The Morgan fingerprint density at radius 1 is 1.30 bits per heavy atom. The first kappa shape index (κ1) is 14.8. The van der Waals surface area contributed by atoms with Gasteiger partial charge in [-0.2, -0.15) is 0 Å². The molecule has 0 unspecified atom stereocenters. The van der Waals surface area contributed by atoms with Gasteiger partial charge in [0.05, 0.1) is 10.6 Å².